The van der Waals surface area contributed by atoms with Gasteiger partial charge in [-0.15, -0.1) is 0 Å². The maximum atomic E-state index is 11.6. The van der Waals surface area contributed by atoms with Crippen LogP contribution in [-0.4, -0.2) is 35.4 Å². The Morgan fingerprint density at radius 2 is 2.21 bits per heavy atom. The van der Waals surface area contributed by atoms with Gasteiger partial charge in [-0.2, -0.15) is 0 Å². The van der Waals surface area contributed by atoms with Crippen LogP contribution in [-0.2, 0) is 9.53 Å². The monoisotopic (exact) mass is 269 g/mol. The van der Waals surface area contributed by atoms with Crippen LogP contribution in [0.1, 0.15) is 16.8 Å². The van der Waals surface area contributed by atoms with Crippen LogP contribution in [0.25, 0.3) is 0 Å². The Kier molecular flexibility index (Phi) is 4.75. The number of carbonyl (C=O) groups is 2. The topological polar surface area (TPSA) is 131 Å². The van der Waals surface area contributed by atoms with Crippen molar-refractivity contribution >= 4 is 17.6 Å². The first-order chi connectivity index (χ1) is 8.95. The molecule has 0 fully saturated rings. The van der Waals surface area contributed by atoms with Gasteiger partial charge in [0, 0.05) is 12.6 Å². The molecule has 1 amide bonds. The molecule has 0 aromatic carbocycles. The number of amides is 1. The summed E-state index contributed by atoms with van der Waals surface area (Å²) in [6.07, 6.45) is 0.836. The van der Waals surface area contributed by atoms with E-state index in [1.165, 1.54) is 7.11 Å². The highest BCUT2D eigenvalue weighted by atomic mass is 16.6. The van der Waals surface area contributed by atoms with Crippen molar-refractivity contribution in [3.63, 3.8) is 0 Å². The van der Waals surface area contributed by atoms with Gasteiger partial charge in [0.05, 0.1) is 24.7 Å². The number of hydrogen-bond donors (Lipinski definition) is 2. The molecule has 1 heterocycles. The second kappa shape index (κ2) is 6.28. The summed E-state index contributed by atoms with van der Waals surface area (Å²) in [5.41, 5.74) is -1.54. The van der Waals surface area contributed by atoms with Crippen LogP contribution in [0.3, 0.4) is 0 Å². The van der Waals surface area contributed by atoms with Gasteiger partial charge in [0.2, 0.25) is 0 Å². The third-order valence-electron chi connectivity index (χ3n) is 2.19. The molecule has 0 aliphatic rings. The van der Waals surface area contributed by atoms with Crippen LogP contribution in [0, 0.1) is 10.1 Å². The van der Waals surface area contributed by atoms with Gasteiger partial charge in [-0.25, -0.2) is 0 Å². The molecule has 9 nitrogen and oxygen atoms in total. The molecule has 19 heavy (non-hydrogen) atoms. The van der Waals surface area contributed by atoms with Gasteiger partial charge in [-0.3, -0.25) is 24.5 Å². The normalized spacial score (nSPS) is 9.74. The van der Waals surface area contributed by atoms with Gasteiger partial charge in [-0.1, -0.05) is 0 Å². The van der Waals surface area contributed by atoms with Crippen LogP contribution in [0.15, 0.2) is 17.1 Å². The van der Waals surface area contributed by atoms with E-state index in [-0.39, 0.29) is 18.5 Å². The Bertz CT molecular complexity index is 565. The van der Waals surface area contributed by atoms with E-state index in [0.717, 1.165) is 12.3 Å². The van der Waals surface area contributed by atoms with Gasteiger partial charge in [0.1, 0.15) is 5.56 Å². The van der Waals surface area contributed by atoms with E-state index in [1.807, 2.05) is 0 Å². The standard InChI is InChI=1S/C10H11N3O6/c1-19-8(14)2-3-11-9(15)7-4-6(13(17)18)5-12-10(7)16/h4-5H,2-3H2,1H3,(H,11,15)(H,12,16). The van der Waals surface area contributed by atoms with E-state index in [4.69, 9.17) is 0 Å². The number of esters is 1. The van der Waals surface area contributed by atoms with Crippen molar-refractivity contribution in [2.45, 2.75) is 6.42 Å². The van der Waals surface area contributed by atoms with Crippen molar-refractivity contribution in [2.75, 3.05) is 13.7 Å². The van der Waals surface area contributed by atoms with Gasteiger partial charge >= 0.3 is 5.97 Å². The molecule has 0 bridgehead atoms. The lowest BCUT2D eigenvalue weighted by molar-refractivity contribution is -0.385. The molecule has 0 radical (unpaired) electrons. The molecule has 0 aliphatic carbocycles. The predicted molar refractivity (Wildman–Crippen MR) is 62.7 cm³/mol. The summed E-state index contributed by atoms with van der Waals surface area (Å²) in [6.45, 7) is -0.0341. The smallest absolute Gasteiger partial charge is 0.307 e. The summed E-state index contributed by atoms with van der Waals surface area (Å²) in [5, 5.41) is 12.8. The average Bonchev–Trinajstić information content (AvgIpc) is 2.38. The third-order valence-corrected chi connectivity index (χ3v) is 2.19. The fraction of sp³-hybridized carbons (Fsp3) is 0.300. The minimum atomic E-state index is -0.797. The maximum Gasteiger partial charge on any atom is 0.307 e. The van der Waals surface area contributed by atoms with Crippen molar-refractivity contribution < 1.29 is 19.2 Å². The molecule has 0 atom stereocenters. The molecular weight excluding hydrogens is 258 g/mol. The minimum absolute atomic E-state index is 0.0341. The van der Waals surface area contributed by atoms with Gasteiger partial charge < -0.3 is 15.0 Å². The van der Waals surface area contributed by atoms with Crippen molar-refractivity contribution in [3.05, 3.63) is 38.3 Å². The molecular formula is C10H11N3O6. The Balaban J connectivity index is 2.76. The number of ether oxygens (including phenoxy) is 1. The number of nitrogens with one attached hydrogen (secondary N) is 2. The number of rotatable bonds is 5. The summed E-state index contributed by atoms with van der Waals surface area (Å²) < 4.78 is 4.36. The number of carbonyl (C=O) groups excluding carboxylic acids is 2. The molecule has 0 unspecified atom stereocenters. The van der Waals surface area contributed by atoms with E-state index in [9.17, 15) is 24.5 Å². The average molecular weight is 269 g/mol. The van der Waals surface area contributed by atoms with E-state index >= 15 is 0 Å². The number of aromatic nitrogens is 1. The number of nitro groups is 1. The summed E-state index contributed by atoms with van der Waals surface area (Å²) >= 11 is 0. The van der Waals surface area contributed by atoms with Crippen LogP contribution < -0.4 is 10.9 Å². The van der Waals surface area contributed by atoms with Crippen molar-refractivity contribution in [2.24, 2.45) is 0 Å². The van der Waals surface area contributed by atoms with E-state index in [0.29, 0.717) is 0 Å². The molecule has 1 aromatic rings. The zero-order chi connectivity index (χ0) is 14.4. The second-order valence-electron chi connectivity index (χ2n) is 3.44. The number of hydrogen-bond acceptors (Lipinski definition) is 6. The van der Waals surface area contributed by atoms with Crippen LogP contribution >= 0.6 is 0 Å². The van der Waals surface area contributed by atoms with Crippen LogP contribution in [0.2, 0.25) is 0 Å². The summed E-state index contributed by atoms with van der Waals surface area (Å²) in [7, 11) is 1.20. The highest BCUT2D eigenvalue weighted by Gasteiger charge is 2.16. The molecule has 0 aliphatic heterocycles. The van der Waals surface area contributed by atoms with Gasteiger partial charge in [0.25, 0.3) is 17.2 Å². The number of methoxy groups -OCH3 is 1. The Morgan fingerprint density at radius 3 is 2.79 bits per heavy atom. The SMILES string of the molecule is COC(=O)CCNC(=O)c1cc([N+](=O)[O-])c[nH]c1=O. The molecule has 0 saturated carbocycles. The maximum absolute atomic E-state index is 11.6. The third kappa shape index (κ3) is 3.91. The Labute approximate surface area is 106 Å². The fourth-order valence-electron chi connectivity index (χ4n) is 1.22. The molecule has 1 rings (SSSR count). The van der Waals surface area contributed by atoms with Crippen molar-refractivity contribution in [3.8, 4) is 0 Å². The fourth-order valence-corrected chi connectivity index (χ4v) is 1.22. The first-order valence-electron chi connectivity index (χ1n) is 5.18. The molecule has 102 valence electrons. The van der Waals surface area contributed by atoms with E-state index in [2.05, 4.69) is 15.0 Å². The first-order valence-corrected chi connectivity index (χ1v) is 5.18. The van der Waals surface area contributed by atoms with E-state index < -0.39 is 28.0 Å². The molecule has 2 N–H and O–H groups in total. The summed E-state index contributed by atoms with van der Waals surface area (Å²) in [6, 6.07) is 0.867. The lowest BCUT2D eigenvalue weighted by atomic mass is 10.2. The summed E-state index contributed by atoms with van der Waals surface area (Å²) in [4.78, 5) is 45.6. The zero-order valence-corrected chi connectivity index (χ0v) is 9.97. The van der Waals surface area contributed by atoms with Crippen molar-refractivity contribution in [1.82, 2.24) is 10.3 Å². The number of aromatic amines is 1. The summed E-state index contributed by atoms with van der Waals surface area (Å²) in [5.74, 6) is -1.32. The highest BCUT2D eigenvalue weighted by Crippen LogP contribution is 2.07. The second-order valence-corrected chi connectivity index (χ2v) is 3.44. The first kappa shape index (κ1) is 14.4. The minimum Gasteiger partial charge on any atom is -0.469 e. The molecule has 9 heteroatoms. The van der Waals surface area contributed by atoms with Gasteiger partial charge in [0.15, 0.2) is 0 Å². The van der Waals surface area contributed by atoms with Gasteiger partial charge in [-0.05, 0) is 0 Å². The molecule has 1 aromatic heterocycles. The van der Waals surface area contributed by atoms with Crippen molar-refractivity contribution in [1.29, 1.82) is 0 Å². The number of H-pyrrole nitrogens is 1. The molecule has 0 spiro atoms. The molecule has 0 saturated heterocycles. The Morgan fingerprint density at radius 1 is 1.53 bits per heavy atom. The zero-order valence-electron chi connectivity index (χ0n) is 9.97. The lowest BCUT2D eigenvalue weighted by Crippen LogP contribution is -2.31. The lowest BCUT2D eigenvalue weighted by Gasteiger charge is -2.03. The largest absolute Gasteiger partial charge is 0.469 e. The quantitative estimate of drug-likeness (QED) is 0.423. The highest BCUT2D eigenvalue weighted by molar-refractivity contribution is 5.94. The van der Waals surface area contributed by atoms with Crippen LogP contribution in [0.4, 0.5) is 5.69 Å². The number of nitrogens with zero attached hydrogens (tertiary/aromatic N) is 1. The predicted octanol–water partition coefficient (Wildman–Crippen LogP) is -0.424. The number of pyridine rings is 1. The Hall–Kier alpha value is -2.71. The van der Waals surface area contributed by atoms with Crippen LogP contribution in [0.5, 0.6) is 0 Å². The van der Waals surface area contributed by atoms with E-state index in [1.54, 1.807) is 0 Å².